The Kier molecular flexibility index (Phi) is 18.6. The molecular formula is C55H68N2O10S. The molecule has 2 heterocycles. The van der Waals surface area contributed by atoms with Crippen molar-refractivity contribution in [1.82, 2.24) is 9.80 Å². The van der Waals surface area contributed by atoms with Gasteiger partial charge in [0.1, 0.15) is 11.2 Å². The summed E-state index contributed by atoms with van der Waals surface area (Å²) in [7, 11) is -4.05. The number of carbonyl (C=O) groups is 4. The van der Waals surface area contributed by atoms with Gasteiger partial charge >= 0.3 is 12.2 Å². The van der Waals surface area contributed by atoms with Crippen molar-refractivity contribution in [1.29, 1.82) is 0 Å². The second kappa shape index (κ2) is 23.2. The van der Waals surface area contributed by atoms with Crippen molar-refractivity contribution in [3.63, 3.8) is 0 Å². The summed E-state index contributed by atoms with van der Waals surface area (Å²) in [5.74, 6) is -2.20. The van der Waals surface area contributed by atoms with Crippen molar-refractivity contribution in [3.05, 3.63) is 150 Å². The third-order valence-electron chi connectivity index (χ3n) is 11.2. The predicted molar refractivity (Wildman–Crippen MR) is 266 cm³/mol. The molecule has 0 bridgehead atoms. The molecule has 2 fully saturated rings. The number of benzene rings is 5. The average molecular weight is 949 g/mol. The molecule has 0 aliphatic carbocycles. The molecular weight excluding hydrogens is 881 g/mol. The molecule has 4 atom stereocenters. The normalized spacial score (nSPS) is 18.2. The highest BCUT2D eigenvalue weighted by molar-refractivity contribution is 7.86. The number of carbonyl (C=O) groups excluding carboxylic acids is 4. The van der Waals surface area contributed by atoms with E-state index in [0.717, 1.165) is 43.8 Å². The molecule has 13 heteroatoms. The van der Waals surface area contributed by atoms with E-state index < -0.39 is 57.3 Å². The maximum atomic E-state index is 13.3. The van der Waals surface area contributed by atoms with E-state index in [-0.39, 0.29) is 51.3 Å². The summed E-state index contributed by atoms with van der Waals surface area (Å²) in [6.45, 7) is 11.8. The lowest BCUT2D eigenvalue weighted by Gasteiger charge is -2.27. The molecule has 7 rings (SSSR count). The fourth-order valence-electron chi connectivity index (χ4n) is 7.98. The third kappa shape index (κ3) is 14.4. The standard InChI is InChI=1S/C30H33NO6S.C23H27NO4.2CH4/c1-21-10-16-27(17-11-21)38(34,35)36-20-25-19-26(31(28(25)32)29(33)37-30(2,3)4)18-22-12-14-24(15-13-22)23-8-6-5-7-9-23;1-23(2,3)28-22(27)24-20(14-19(15-25)21(24)26)13-16-9-11-18(12-10-16)17-7-5-4-6-8-17;;/h5-17,25-26H,18-20H2,1-4H3;4-12,19-20,25H,13-15H2,1-3H3;2*1H4/t25?,26-;19?,20-;;/m11../s1. The van der Waals surface area contributed by atoms with E-state index in [1.54, 1.807) is 53.7 Å². The molecule has 68 heavy (non-hydrogen) atoms. The maximum absolute atomic E-state index is 13.3. The molecule has 2 saturated heterocycles. The number of amides is 4. The van der Waals surface area contributed by atoms with Crippen LogP contribution in [0.5, 0.6) is 0 Å². The SMILES string of the molecule is C.C.CC(C)(C)OC(=O)N1C(=O)C(CO)C[C@H]1Cc1ccc(-c2ccccc2)cc1.Cc1ccc(S(=O)(=O)OCC2C[C@@H](Cc3ccc(-c4ccccc4)cc3)N(C(=O)OC(C)(C)C)C2=O)cc1. The van der Waals surface area contributed by atoms with Gasteiger partial charge in [0, 0.05) is 12.1 Å². The summed E-state index contributed by atoms with van der Waals surface area (Å²) in [6, 6.07) is 41.7. The van der Waals surface area contributed by atoms with Gasteiger partial charge in [-0.15, -0.1) is 0 Å². The number of rotatable bonds is 11. The first-order valence-corrected chi connectivity index (χ1v) is 23.6. The Balaban J connectivity index is 0.000000301. The Bertz CT molecular complexity index is 2550. The Hall–Kier alpha value is -6.15. The van der Waals surface area contributed by atoms with Crippen LogP contribution in [0.15, 0.2) is 138 Å². The van der Waals surface area contributed by atoms with Crippen molar-refractivity contribution in [2.75, 3.05) is 13.2 Å². The van der Waals surface area contributed by atoms with Crippen molar-refractivity contribution in [3.8, 4) is 22.3 Å². The van der Waals surface area contributed by atoms with Crippen LogP contribution in [-0.2, 0) is 46.2 Å². The van der Waals surface area contributed by atoms with Gasteiger partial charge in [-0.3, -0.25) is 13.8 Å². The lowest BCUT2D eigenvalue weighted by atomic mass is 9.98. The summed E-state index contributed by atoms with van der Waals surface area (Å²) in [6.07, 6.45) is 0.283. The molecule has 12 nitrogen and oxygen atoms in total. The lowest BCUT2D eigenvalue weighted by Crippen LogP contribution is -2.43. The van der Waals surface area contributed by atoms with Crippen LogP contribution >= 0.6 is 0 Å². The first-order chi connectivity index (χ1) is 31.2. The van der Waals surface area contributed by atoms with Crippen molar-refractivity contribution in [2.24, 2.45) is 11.8 Å². The Morgan fingerprint density at radius 2 is 0.941 bits per heavy atom. The number of hydrogen-bond acceptors (Lipinski definition) is 10. The molecule has 5 aromatic rings. The number of aliphatic hydroxyl groups excluding tert-OH is 1. The number of hydrogen-bond donors (Lipinski definition) is 1. The largest absolute Gasteiger partial charge is 0.443 e. The van der Waals surface area contributed by atoms with Crippen LogP contribution in [0.1, 0.15) is 85.9 Å². The van der Waals surface area contributed by atoms with Gasteiger partial charge in [-0.1, -0.05) is 142 Å². The van der Waals surface area contributed by atoms with Gasteiger partial charge in [0.15, 0.2) is 0 Å². The van der Waals surface area contributed by atoms with Crippen molar-refractivity contribution < 1.29 is 46.4 Å². The van der Waals surface area contributed by atoms with Crippen LogP contribution in [0.4, 0.5) is 9.59 Å². The molecule has 4 amide bonds. The number of likely N-dealkylation sites (tertiary alicyclic amines) is 2. The van der Waals surface area contributed by atoms with E-state index in [2.05, 4.69) is 12.1 Å². The number of aryl methyl sites for hydroxylation is 1. The summed E-state index contributed by atoms with van der Waals surface area (Å²) in [5, 5.41) is 9.52. The molecule has 1 N–H and O–H groups in total. The predicted octanol–water partition coefficient (Wildman–Crippen LogP) is 11.1. The van der Waals surface area contributed by atoms with E-state index in [0.29, 0.717) is 19.3 Å². The van der Waals surface area contributed by atoms with E-state index in [4.69, 9.17) is 13.7 Å². The van der Waals surface area contributed by atoms with Gasteiger partial charge in [0.2, 0.25) is 11.8 Å². The highest BCUT2D eigenvalue weighted by Crippen LogP contribution is 2.33. The quantitative estimate of drug-likeness (QED) is 0.126. The van der Waals surface area contributed by atoms with E-state index in [9.17, 15) is 32.7 Å². The summed E-state index contributed by atoms with van der Waals surface area (Å²) >= 11 is 0. The Morgan fingerprint density at radius 1 is 0.574 bits per heavy atom. The maximum Gasteiger partial charge on any atom is 0.417 e. The molecule has 0 spiro atoms. The van der Waals surface area contributed by atoms with Gasteiger partial charge < -0.3 is 14.6 Å². The van der Waals surface area contributed by atoms with E-state index >= 15 is 0 Å². The zero-order valence-electron chi connectivity index (χ0n) is 38.7. The van der Waals surface area contributed by atoms with Crippen LogP contribution in [0.3, 0.4) is 0 Å². The molecule has 0 aromatic heterocycles. The summed E-state index contributed by atoms with van der Waals surface area (Å²) in [5.41, 5.74) is 5.84. The minimum absolute atomic E-state index is 0. The summed E-state index contributed by atoms with van der Waals surface area (Å²) < 4.78 is 41.6. The first kappa shape index (κ1) is 54.5. The summed E-state index contributed by atoms with van der Waals surface area (Å²) in [4.78, 5) is 53.8. The van der Waals surface area contributed by atoms with Crippen LogP contribution in [0.2, 0.25) is 0 Å². The monoisotopic (exact) mass is 948 g/mol. The fraction of sp³-hybridized carbons (Fsp3) is 0.382. The zero-order valence-corrected chi connectivity index (χ0v) is 39.5. The van der Waals surface area contributed by atoms with Crippen LogP contribution < -0.4 is 0 Å². The topological polar surface area (TPSA) is 157 Å². The van der Waals surface area contributed by atoms with Gasteiger partial charge in [-0.25, -0.2) is 19.4 Å². The van der Waals surface area contributed by atoms with E-state index in [1.807, 2.05) is 104 Å². The van der Waals surface area contributed by atoms with Crippen molar-refractivity contribution >= 4 is 34.1 Å². The zero-order chi connectivity index (χ0) is 47.8. The number of imide groups is 2. The number of ether oxygens (including phenoxy) is 2. The van der Waals surface area contributed by atoms with Gasteiger partial charge in [-0.05, 0) is 120 Å². The van der Waals surface area contributed by atoms with Crippen LogP contribution in [0, 0.1) is 18.8 Å². The highest BCUT2D eigenvalue weighted by Gasteiger charge is 2.46. The fourth-order valence-corrected chi connectivity index (χ4v) is 8.93. The minimum Gasteiger partial charge on any atom is -0.443 e. The number of aliphatic hydroxyl groups is 1. The molecule has 5 aromatic carbocycles. The van der Waals surface area contributed by atoms with E-state index in [1.165, 1.54) is 17.0 Å². The average Bonchev–Trinajstić information content (AvgIpc) is 3.76. The third-order valence-corrected chi connectivity index (χ3v) is 12.5. The first-order valence-electron chi connectivity index (χ1n) is 22.2. The molecule has 0 radical (unpaired) electrons. The molecule has 2 unspecified atom stereocenters. The smallest absolute Gasteiger partial charge is 0.417 e. The van der Waals surface area contributed by atoms with Crippen LogP contribution in [-0.4, -0.2) is 83.8 Å². The molecule has 364 valence electrons. The van der Waals surface area contributed by atoms with Gasteiger partial charge in [-0.2, -0.15) is 8.42 Å². The molecule has 0 saturated carbocycles. The Morgan fingerprint density at radius 3 is 1.32 bits per heavy atom. The highest BCUT2D eigenvalue weighted by atomic mass is 32.2. The van der Waals surface area contributed by atoms with Crippen molar-refractivity contribution in [2.45, 2.75) is 117 Å². The minimum atomic E-state index is -4.05. The second-order valence-corrected chi connectivity index (χ2v) is 20.4. The Labute approximate surface area is 403 Å². The van der Waals surface area contributed by atoms with Gasteiger partial charge in [0.25, 0.3) is 10.1 Å². The second-order valence-electron chi connectivity index (χ2n) is 18.8. The molecule has 2 aliphatic heterocycles. The lowest BCUT2D eigenvalue weighted by molar-refractivity contribution is -0.133. The van der Waals surface area contributed by atoms with Gasteiger partial charge in [0.05, 0.1) is 29.9 Å². The number of nitrogens with zero attached hydrogens (tertiary/aromatic N) is 2. The van der Waals surface area contributed by atoms with Crippen LogP contribution in [0.25, 0.3) is 22.3 Å². The molecule has 2 aliphatic rings.